The Morgan fingerprint density at radius 2 is 0.805 bits per heavy atom. The molecule has 0 saturated carbocycles. The lowest BCUT2D eigenvalue weighted by molar-refractivity contribution is -0.139. The van der Waals surface area contributed by atoms with Crippen LogP contribution in [0.5, 0.6) is 17.2 Å². The van der Waals surface area contributed by atoms with Gasteiger partial charge in [0.2, 0.25) is 5.91 Å². The number of Topliss-reactive ketones (excluding diaryl/α,β-unsaturated/α-hetero) is 4. The number of fused-ring (bicyclic) bond motifs is 7. The number of halogens is 1. The second kappa shape index (κ2) is 40.8. The van der Waals surface area contributed by atoms with Gasteiger partial charge in [-0.3, -0.25) is 48.7 Å². The van der Waals surface area contributed by atoms with Crippen LogP contribution in [-0.2, 0) is 69.2 Å². The van der Waals surface area contributed by atoms with Crippen molar-refractivity contribution in [1.29, 1.82) is 0 Å². The highest BCUT2D eigenvalue weighted by Crippen LogP contribution is 2.54. The predicted octanol–water partition coefficient (Wildman–Crippen LogP) is 29.5. The average Bonchev–Trinajstić information content (AvgIpc) is 1.71. The highest BCUT2D eigenvalue weighted by Gasteiger charge is 2.39. The fourth-order valence-electron chi connectivity index (χ4n) is 21.6. The number of anilines is 2. The summed E-state index contributed by atoms with van der Waals surface area (Å²) in [7, 11) is 1.96. The molecular formula is C127H124ClN9O12. The lowest BCUT2D eigenvalue weighted by Crippen LogP contribution is -2.27. The molecule has 8 heterocycles. The van der Waals surface area contributed by atoms with Crippen LogP contribution in [0.2, 0.25) is 5.02 Å². The molecule has 0 fully saturated rings. The number of H-pyrrole nitrogens is 1. The third kappa shape index (κ3) is 20.5. The Kier molecular flexibility index (Phi) is 28.0. The number of aromatic nitrogens is 7. The maximum Gasteiger partial charge on any atom is 0.221 e. The van der Waals surface area contributed by atoms with Crippen molar-refractivity contribution >= 4 is 150 Å². The SMILES string of the molecule is CC(=O)C(OC(C)(C)C)c1c(-c2ccc3c4c(ccnc24)CCO3)c2ccccc2c2[nH]ncc12.CC(=O)C(OC(C)(C)C)c1c(C)cc2c(N)cccc2c1-c1ccc2c3c(ccnc13)CCO2.CC(=O)C(OC(C)(C)C)c1c(C)cc2ccc(-c3cccc(-c4ccc5c(cnn5C)c4)c3)cc2c1-c1ccc(Cl)cc1.CC(=O)Nc1c(C)c(C(OC(C)(C)C)C(C)=O)c(-c2ccc3c4c(ccnc24)CCO3)c2ccccc12. The Labute approximate surface area is 872 Å². The van der Waals surface area contributed by atoms with Gasteiger partial charge in [0.25, 0.3) is 0 Å². The molecule has 22 heteroatoms. The molecule has 4 unspecified atom stereocenters. The minimum absolute atomic E-state index is 0.0259. The fraction of sp³-hybridized carbons (Fsp3) is 0.276. The number of benzene rings is 14. The number of hydrogen-bond acceptors (Lipinski definition) is 18. The highest BCUT2D eigenvalue weighted by atomic mass is 35.5. The van der Waals surface area contributed by atoms with Gasteiger partial charge >= 0.3 is 0 Å². The van der Waals surface area contributed by atoms with E-state index in [1.807, 2.05) is 237 Å². The first-order chi connectivity index (χ1) is 71.0. The maximum atomic E-state index is 13.2. The number of nitrogens with two attached hydrogens (primary N) is 1. The first-order valence-corrected chi connectivity index (χ1v) is 51.1. The summed E-state index contributed by atoms with van der Waals surface area (Å²) in [4.78, 5) is 79.2. The second-order valence-electron chi connectivity index (χ2n) is 43.1. The number of carbonyl (C=O) groups is 5. The van der Waals surface area contributed by atoms with Crippen LogP contribution in [0, 0.1) is 20.8 Å². The summed E-state index contributed by atoms with van der Waals surface area (Å²) in [5.74, 6) is 2.11. The van der Waals surface area contributed by atoms with Gasteiger partial charge < -0.3 is 44.2 Å². The number of nitrogens with zero attached hydrogens (tertiary/aromatic N) is 6. The Balaban J connectivity index is 0.000000125. The normalized spacial score (nSPS) is 13.7. The van der Waals surface area contributed by atoms with Crippen molar-refractivity contribution in [2.75, 3.05) is 30.9 Å². The zero-order chi connectivity index (χ0) is 105. The van der Waals surface area contributed by atoms with Gasteiger partial charge in [0.05, 0.1) is 87.9 Å². The summed E-state index contributed by atoms with van der Waals surface area (Å²) in [5, 5.41) is 28.6. The van der Waals surface area contributed by atoms with Crippen molar-refractivity contribution in [3.63, 3.8) is 0 Å². The Bertz CT molecular complexity index is 8600. The topological polar surface area (TPSA) is 273 Å². The van der Waals surface area contributed by atoms with Crippen molar-refractivity contribution in [1.82, 2.24) is 34.9 Å². The van der Waals surface area contributed by atoms with Crippen LogP contribution in [-0.4, -0.2) is 106 Å². The van der Waals surface area contributed by atoms with Gasteiger partial charge in [0, 0.05) is 133 Å². The monoisotopic (exact) mass is 2000 g/mol. The van der Waals surface area contributed by atoms with Gasteiger partial charge in [0.1, 0.15) is 41.7 Å². The van der Waals surface area contributed by atoms with Gasteiger partial charge in [-0.25, -0.2) is 0 Å². The number of pyridine rings is 3. The molecule has 0 spiro atoms. The van der Waals surface area contributed by atoms with Crippen molar-refractivity contribution in [2.45, 2.75) is 205 Å². The Morgan fingerprint density at radius 1 is 0.396 bits per heavy atom. The van der Waals surface area contributed by atoms with Crippen LogP contribution in [0.1, 0.15) is 198 Å². The lowest BCUT2D eigenvalue weighted by Gasteiger charge is -2.31. The molecule has 22 rings (SSSR count). The molecule has 14 aromatic carbocycles. The summed E-state index contributed by atoms with van der Waals surface area (Å²) in [6.45, 7) is 39.4. The zero-order valence-corrected chi connectivity index (χ0v) is 89.0. The first kappa shape index (κ1) is 102. The van der Waals surface area contributed by atoms with E-state index in [0.29, 0.717) is 36.2 Å². The smallest absolute Gasteiger partial charge is 0.221 e. The van der Waals surface area contributed by atoms with Gasteiger partial charge in [-0.1, -0.05) is 127 Å². The number of ether oxygens (including phenoxy) is 7. The van der Waals surface area contributed by atoms with Crippen molar-refractivity contribution in [3.8, 4) is 84.0 Å². The lowest BCUT2D eigenvalue weighted by atomic mass is 9.83. The quantitative estimate of drug-likeness (QED) is 0.0635. The van der Waals surface area contributed by atoms with E-state index in [4.69, 9.17) is 65.4 Å². The highest BCUT2D eigenvalue weighted by molar-refractivity contribution is 6.30. The molecule has 0 saturated heterocycles. The second-order valence-corrected chi connectivity index (χ2v) is 43.5. The molecule has 4 N–H and O–H groups in total. The molecule has 0 radical (unpaired) electrons. The minimum atomic E-state index is -0.839. The van der Waals surface area contributed by atoms with E-state index in [1.165, 1.54) is 23.6 Å². The number of carbonyl (C=O) groups excluding carboxylic acids is 5. The molecule has 756 valence electrons. The van der Waals surface area contributed by atoms with Crippen molar-refractivity contribution in [3.05, 3.63) is 310 Å². The number of hydrogen-bond donors (Lipinski definition) is 3. The maximum absolute atomic E-state index is 13.2. The van der Waals surface area contributed by atoms with E-state index >= 15 is 0 Å². The number of ketones is 4. The molecular weight excluding hydrogens is 1880 g/mol. The van der Waals surface area contributed by atoms with Gasteiger partial charge in [-0.15, -0.1) is 0 Å². The molecule has 149 heavy (non-hydrogen) atoms. The fourth-order valence-corrected chi connectivity index (χ4v) is 21.7. The Hall–Kier alpha value is -15.2. The summed E-state index contributed by atoms with van der Waals surface area (Å²) < 4.78 is 45.5. The molecule has 21 nitrogen and oxygen atoms in total. The molecule has 1 amide bonds. The predicted molar refractivity (Wildman–Crippen MR) is 601 cm³/mol. The molecule has 0 bridgehead atoms. The average molecular weight is 2000 g/mol. The number of aryl methyl sites for hydroxylation is 3. The van der Waals surface area contributed by atoms with Crippen LogP contribution in [0.15, 0.2) is 249 Å². The van der Waals surface area contributed by atoms with Crippen molar-refractivity contribution < 1.29 is 57.1 Å². The van der Waals surface area contributed by atoms with Crippen LogP contribution in [0.4, 0.5) is 11.4 Å². The molecule has 0 aliphatic carbocycles. The number of nitrogen functional groups attached to an aromatic ring is 1. The third-order valence-corrected chi connectivity index (χ3v) is 27.9. The molecule has 4 atom stereocenters. The number of rotatable bonds is 19. The Morgan fingerprint density at radius 3 is 1.30 bits per heavy atom. The van der Waals surface area contributed by atoms with E-state index in [2.05, 4.69) is 143 Å². The molecule has 3 aliphatic heterocycles. The van der Waals surface area contributed by atoms with E-state index in [0.717, 1.165) is 240 Å². The van der Waals surface area contributed by atoms with Crippen molar-refractivity contribution in [2.24, 2.45) is 7.05 Å². The van der Waals surface area contributed by atoms with Crippen LogP contribution in [0.25, 0.3) is 164 Å². The number of nitrogens with one attached hydrogen (secondary N) is 2. The van der Waals surface area contributed by atoms with E-state index in [9.17, 15) is 24.0 Å². The molecule has 3 aliphatic rings. The van der Waals surface area contributed by atoms with Crippen LogP contribution >= 0.6 is 11.6 Å². The summed E-state index contributed by atoms with van der Waals surface area (Å²) in [6, 6.07) is 74.1. The summed E-state index contributed by atoms with van der Waals surface area (Å²) >= 11 is 6.31. The van der Waals surface area contributed by atoms with Gasteiger partial charge in [-0.2, -0.15) is 10.2 Å². The molecule has 5 aromatic heterocycles. The van der Waals surface area contributed by atoms with E-state index < -0.39 is 46.8 Å². The number of aromatic amines is 1. The summed E-state index contributed by atoms with van der Waals surface area (Å²) in [6.07, 6.45) is 8.72. The summed E-state index contributed by atoms with van der Waals surface area (Å²) in [5.41, 5.74) is 32.0. The van der Waals surface area contributed by atoms with Crippen LogP contribution in [0.3, 0.4) is 0 Å². The van der Waals surface area contributed by atoms with Gasteiger partial charge in [0.15, 0.2) is 23.1 Å². The first-order valence-electron chi connectivity index (χ1n) is 50.8. The van der Waals surface area contributed by atoms with E-state index in [-0.39, 0.29) is 29.0 Å². The zero-order valence-electron chi connectivity index (χ0n) is 88.3. The minimum Gasteiger partial charge on any atom is -0.493 e. The standard InChI is InChI=1S/C38H35ClN2O2.C31H32N2O4.C29H27N3O3.C29H30N2O3/c1-23-18-30-11-10-29(27-9-7-8-26(19-27)28-14-17-34-31(20-28)22-40-41(34)6)21-33(30)36(25-12-15-32(39)16-13-25)35(23)37(24(2)42)43-38(3,4)5;1-17-25(30(18(2)34)37-31(4,5)6)27(21-9-7-8-10-22(21)28(17)33-19(3)35)23-11-12-24-26-20(14-16-36-24)13-15-32-29(23)26;1-16(33)28(35-29(2,3)4)25-21-15-31-32-26(21)19-8-6-5-7-18(19)24(25)20-9-10-22-23-17(12-14-34-22)11-13-30-27(20)23;1-16-15-21-19(7-6-8-22(21)30)26(24(16)28(17(2)32)34-29(3,4)5)20-9-10-23-25-18(12-14-33-23)11-13-31-27(20)25/h7-22,37H,1-6H3;7-13,15,30H,14,16H2,1-6H3,(H,33,35);5-11,13,15,28H,12,14H2,1-4H3,(H,31,32);6-11,13,15,28H,12,14,30H2,1-5H3. The number of amides is 1. The molecule has 19 aromatic rings. The largest absolute Gasteiger partial charge is 0.493 e. The third-order valence-electron chi connectivity index (χ3n) is 27.7. The van der Waals surface area contributed by atoms with E-state index in [1.54, 1.807) is 33.9 Å². The van der Waals surface area contributed by atoms with Gasteiger partial charge in [-0.05, 0) is 356 Å². The van der Waals surface area contributed by atoms with Crippen LogP contribution < -0.4 is 25.3 Å².